The van der Waals surface area contributed by atoms with E-state index in [1.165, 1.54) is 0 Å². The van der Waals surface area contributed by atoms with Gasteiger partial charge in [-0.15, -0.1) is 0 Å². The summed E-state index contributed by atoms with van der Waals surface area (Å²) in [7, 11) is 0. The Labute approximate surface area is 178 Å². The first-order valence-corrected chi connectivity index (χ1v) is 10.4. The number of benzene rings is 2. The Morgan fingerprint density at radius 1 is 1.10 bits per heavy atom. The molecule has 1 saturated heterocycles. The molecular formula is C22H22ClN5O2. The molecule has 0 aliphatic carbocycles. The molecule has 1 aliphatic rings. The number of aromatic nitrogens is 3. The molecule has 0 bridgehead atoms. The van der Waals surface area contributed by atoms with Crippen molar-refractivity contribution in [3.8, 4) is 11.4 Å². The topological polar surface area (TPSA) is 86.0 Å². The van der Waals surface area contributed by atoms with E-state index >= 15 is 0 Å². The standard InChI is InChI=1S/C22H22ClN5O2/c23-14-5-6-16-15(13-14)20(24-7-8-28-9-11-30-12-10-28)19(22(29)27-16)21-25-17-3-1-2-4-18(17)26-21/h1-6,13H,7-12H2,(H,25,26)(H2,24,27,29). The summed E-state index contributed by atoms with van der Waals surface area (Å²) in [6.07, 6.45) is 0. The molecule has 2 aromatic carbocycles. The zero-order valence-corrected chi connectivity index (χ0v) is 17.1. The molecule has 7 nitrogen and oxygen atoms in total. The first kappa shape index (κ1) is 19.1. The third-order valence-corrected chi connectivity index (χ3v) is 5.67. The van der Waals surface area contributed by atoms with E-state index in [0.29, 0.717) is 23.0 Å². The number of morpholine rings is 1. The van der Waals surface area contributed by atoms with E-state index in [1.807, 2.05) is 36.4 Å². The van der Waals surface area contributed by atoms with Crippen LogP contribution in [0.2, 0.25) is 5.02 Å². The third kappa shape index (κ3) is 3.67. The number of nitrogens with one attached hydrogen (secondary N) is 3. The molecule has 0 saturated carbocycles. The first-order chi connectivity index (χ1) is 14.7. The minimum Gasteiger partial charge on any atom is -0.382 e. The SMILES string of the molecule is O=c1[nH]c2ccc(Cl)cc2c(NCCN2CCOCC2)c1-c1nc2ccccc2[nH]1. The Hall–Kier alpha value is -2.87. The van der Waals surface area contributed by atoms with Crippen LogP contribution in [-0.4, -0.2) is 59.2 Å². The van der Waals surface area contributed by atoms with Gasteiger partial charge in [-0.3, -0.25) is 9.69 Å². The number of nitrogens with zero attached hydrogens (tertiary/aromatic N) is 2. The smallest absolute Gasteiger partial charge is 0.261 e. The highest BCUT2D eigenvalue weighted by atomic mass is 35.5. The average Bonchev–Trinajstić information content (AvgIpc) is 3.18. The Balaban J connectivity index is 1.58. The summed E-state index contributed by atoms with van der Waals surface area (Å²) in [5.41, 5.74) is 3.47. The molecule has 1 aliphatic heterocycles. The number of imidazole rings is 1. The van der Waals surface area contributed by atoms with Crippen molar-refractivity contribution in [3.05, 3.63) is 57.8 Å². The van der Waals surface area contributed by atoms with Crippen molar-refractivity contribution < 1.29 is 4.74 Å². The number of hydrogen-bond donors (Lipinski definition) is 3. The van der Waals surface area contributed by atoms with Gasteiger partial charge < -0.3 is 20.0 Å². The molecule has 154 valence electrons. The third-order valence-electron chi connectivity index (χ3n) is 5.44. The largest absolute Gasteiger partial charge is 0.382 e. The van der Waals surface area contributed by atoms with Crippen molar-refractivity contribution in [2.24, 2.45) is 0 Å². The monoisotopic (exact) mass is 423 g/mol. The maximum Gasteiger partial charge on any atom is 0.261 e. The van der Waals surface area contributed by atoms with Crippen LogP contribution in [0.5, 0.6) is 0 Å². The Morgan fingerprint density at radius 2 is 1.93 bits per heavy atom. The molecule has 30 heavy (non-hydrogen) atoms. The lowest BCUT2D eigenvalue weighted by Crippen LogP contribution is -2.39. The maximum atomic E-state index is 13.1. The molecule has 0 radical (unpaired) electrons. The highest BCUT2D eigenvalue weighted by Gasteiger charge is 2.19. The predicted octanol–water partition coefficient (Wildman–Crippen LogP) is 3.47. The Kier molecular flexibility index (Phi) is 5.16. The number of halogens is 1. The molecule has 1 fully saturated rings. The molecule has 0 spiro atoms. The second-order valence-corrected chi connectivity index (χ2v) is 7.81. The van der Waals surface area contributed by atoms with Crippen LogP contribution in [0.25, 0.3) is 33.3 Å². The zero-order valence-electron chi connectivity index (χ0n) is 16.4. The number of H-pyrrole nitrogens is 2. The average molecular weight is 424 g/mol. The number of rotatable bonds is 5. The molecule has 3 N–H and O–H groups in total. The number of hydrogen-bond acceptors (Lipinski definition) is 5. The summed E-state index contributed by atoms with van der Waals surface area (Å²) in [6.45, 7) is 4.90. The van der Waals surface area contributed by atoms with Gasteiger partial charge in [-0.05, 0) is 30.3 Å². The summed E-state index contributed by atoms with van der Waals surface area (Å²) in [6, 6.07) is 13.2. The fraction of sp³-hybridized carbons (Fsp3) is 0.273. The highest BCUT2D eigenvalue weighted by Crippen LogP contribution is 2.32. The molecule has 8 heteroatoms. The number of para-hydroxylation sites is 2. The summed E-state index contributed by atoms with van der Waals surface area (Å²) < 4.78 is 5.42. The Bertz CT molecular complexity index is 1230. The molecule has 5 rings (SSSR count). The van der Waals surface area contributed by atoms with E-state index in [9.17, 15) is 4.79 Å². The minimum absolute atomic E-state index is 0.197. The number of pyridine rings is 1. The van der Waals surface area contributed by atoms with E-state index in [4.69, 9.17) is 16.3 Å². The number of ether oxygens (including phenoxy) is 1. The van der Waals surface area contributed by atoms with Crippen LogP contribution < -0.4 is 10.9 Å². The van der Waals surface area contributed by atoms with Gasteiger partial charge in [0.2, 0.25) is 0 Å². The molecule has 3 heterocycles. The van der Waals surface area contributed by atoms with Crippen molar-refractivity contribution in [2.75, 3.05) is 44.7 Å². The van der Waals surface area contributed by atoms with Crippen LogP contribution in [0.15, 0.2) is 47.3 Å². The van der Waals surface area contributed by atoms with E-state index in [1.54, 1.807) is 6.07 Å². The molecule has 0 amide bonds. The van der Waals surface area contributed by atoms with Crippen LogP contribution in [0, 0.1) is 0 Å². The van der Waals surface area contributed by atoms with Crippen molar-refractivity contribution >= 4 is 39.2 Å². The van der Waals surface area contributed by atoms with E-state index in [0.717, 1.165) is 60.5 Å². The van der Waals surface area contributed by atoms with Crippen LogP contribution in [0.3, 0.4) is 0 Å². The fourth-order valence-electron chi connectivity index (χ4n) is 3.91. The highest BCUT2D eigenvalue weighted by molar-refractivity contribution is 6.31. The van der Waals surface area contributed by atoms with Crippen LogP contribution in [0.4, 0.5) is 5.69 Å². The maximum absolute atomic E-state index is 13.1. The van der Waals surface area contributed by atoms with Crippen LogP contribution >= 0.6 is 11.6 Å². The van der Waals surface area contributed by atoms with Gasteiger partial charge >= 0.3 is 0 Å². The van der Waals surface area contributed by atoms with E-state index in [2.05, 4.69) is 25.2 Å². The lowest BCUT2D eigenvalue weighted by molar-refractivity contribution is 0.0398. The summed E-state index contributed by atoms with van der Waals surface area (Å²) >= 11 is 6.28. The normalized spacial score (nSPS) is 15.1. The van der Waals surface area contributed by atoms with Crippen LogP contribution in [-0.2, 0) is 4.74 Å². The van der Waals surface area contributed by atoms with E-state index in [-0.39, 0.29) is 5.56 Å². The van der Waals surface area contributed by atoms with Crippen LogP contribution in [0.1, 0.15) is 0 Å². The van der Waals surface area contributed by atoms with Gasteiger partial charge in [0, 0.05) is 36.6 Å². The predicted molar refractivity (Wildman–Crippen MR) is 120 cm³/mol. The van der Waals surface area contributed by atoms with Crippen molar-refractivity contribution in [3.63, 3.8) is 0 Å². The molecule has 4 aromatic rings. The quantitative estimate of drug-likeness (QED) is 0.457. The lowest BCUT2D eigenvalue weighted by atomic mass is 10.1. The molecule has 2 aromatic heterocycles. The van der Waals surface area contributed by atoms with Crippen molar-refractivity contribution in [2.45, 2.75) is 0 Å². The number of aromatic amines is 2. The summed E-state index contributed by atoms with van der Waals surface area (Å²) in [4.78, 5) is 26.3. The van der Waals surface area contributed by atoms with Gasteiger partial charge in [-0.25, -0.2) is 4.98 Å². The number of anilines is 1. The fourth-order valence-corrected chi connectivity index (χ4v) is 4.08. The first-order valence-electron chi connectivity index (χ1n) is 10.0. The molecule has 0 atom stereocenters. The second kappa shape index (κ2) is 8.10. The van der Waals surface area contributed by atoms with Crippen molar-refractivity contribution in [1.82, 2.24) is 19.9 Å². The van der Waals surface area contributed by atoms with Gasteiger partial charge in [0.1, 0.15) is 11.4 Å². The zero-order chi connectivity index (χ0) is 20.5. The number of fused-ring (bicyclic) bond motifs is 2. The van der Waals surface area contributed by atoms with Gasteiger partial charge in [0.15, 0.2) is 0 Å². The Morgan fingerprint density at radius 3 is 2.77 bits per heavy atom. The van der Waals surface area contributed by atoms with Gasteiger partial charge in [-0.2, -0.15) is 0 Å². The lowest BCUT2D eigenvalue weighted by Gasteiger charge is -2.27. The summed E-state index contributed by atoms with van der Waals surface area (Å²) in [5, 5.41) is 4.97. The molecular weight excluding hydrogens is 402 g/mol. The minimum atomic E-state index is -0.197. The van der Waals surface area contributed by atoms with Gasteiger partial charge in [0.25, 0.3) is 5.56 Å². The second-order valence-electron chi connectivity index (χ2n) is 7.38. The van der Waals surface area contributed by atoms with Crippen molar-refractivity contribution in [1.29, 1.82) is 0 Å². The van der Waals surface area contributed by atoms with Gasteiger partial charge in [0.05, 0.1) is 35.5 Å². The van der Waals surface area contributed by atoms with Gasteiger partial charge in [-0.1, -0.05) is 23.7 Å². The molecule has 0 unspecified atom stereocenters. The summed E-state index contributed by atoms with van der Waals surface area (Å²) in [5.74, 6) is 0.535. The van der Waals surface area contributed by atoms with E-state index < -0.39 is 0 Å².